The zero-order valence-electron chi connectivity index (χ0n) is 27.1. The van der Waals surface area contributed by atoms with Gasteiger partial charge >= 0.3 is 11.9 Å². The minimum Gasteiger partial charge on any atom is -0.496 e. The van der Waals surface area contributed by atoms with E-state index in [1.54, 1.807) is 37.2 Å². The number of fused-ring (bicyclic) bond motifs is 3. The minimum absolute atomic E-state index is 0.00520. The van der Waals surface area contributed by atoms with E-state index >= 15 is 0 Å². The summed E-state index contributed by atoms with van der Waals surface area (Å²) in [6.45, 7) is 2.77. The molecule has 5 aliphatic heterocycles. The van der Waals surface area contributed by atoms with Crippen molar-refractivity contribution < 1.29 is 48.7 Å². The number of esters is 1. The number of hydrogen-bond acceptors (Lipinski definition) is 16. The van der Waals surface area contributed by atoms with Crippen LogP contribution >= 0.6 is 0 Å². The highest BCUT2D eigenvalue weighted by Gasteiger charge is 2.45. The molecule has 6 rings (SSSR count). The number of amidine groups is 1. The van der Waals surface area contributed by atoms with E-state index in [0.717, 1.165) is 0 Å². The monoisotopic (exact) mass is 679 g/mol. The number of nitrogens with one attached hydrogen (secondary N) is 1. The third kappa shape index (κ3) is 5.78. The molecule has 5 heterocycles. The Kier molecular flexibility index (Phi) is 9.15. The van der Waals surface area contributed by atoms with Gasteiger partial charge in [0.15, 0.2) is 24.1 Å². The summed E-state index contributed by atoms with van der Waals surface area (Å²) in [7, 11) is 1.43. The number of ether oxygens (including phenoxy) is 4. The van der Waals surface area contributed by atoms with Gasteiger partial charge in [-0.3, -0.25) is 19.5 Å². The largest absolute Gasteiger partial charge is 0.496 e. The standard InChI is InChI=1S/C32H37N7O10/c1-4-47-29(44)26-18(13-41)16(6-9-38-10-8-34-31(38)39-15-35-22-27(39)36-30(33)37-28(22)43)21-24(46-3)17-12-20(32(2,45)7-5-11-40)48-23(17)19(14-42)25(21)49-26/h6,8,10,13,20,31,34,40,42,45H,4-5,7,9,11-12,14-15H2,1-3H3,(H2,33,37,43)/b16-6+/t20-,31?,32+/m0/s1. The maximum Gasteiger partial charge on any atom is 0.375 e. The second-order valence-corrected chi connectivity index (χ2v) is 11.9. The van der Waals surface area contributed by atoms with Crippen molar-refractivity contribution in [3.8, 4) is 17.2 Å². The SMILES string of the molecule is CCOC(=O)C1=C(C=O)/C(=C\CN2C=CNC2N2CN=C3C(=O)N=C(N)N=C32)c2c(OC)c3c(c(CO)c2O1)O[C@H]([C@](C)(O)CCCO)C3. The molecule has 49 heavy (non-hydrogen) atoms. The van der Waals surface area contributed by atoms with Crippen molar-refractivity contribution in [1.29, 1.82) is 0 Å². The number of carbonyl (C=O) groups excluding carboxylic acids is 3. The first kappa shape index (κ1) is 33.6. The van der Waals surface area contributed by atoms with Gasteiger partial charge in [-0.15, -0.1) is 0 Å². The Hall–Kier alpha value is -5.26. The molecule has 260 valence electrons. The molecule has 0 fully saturated rings. The molecule has 0 radical (unpaired) electrons. The minimum atomic E-state index is -1.35. The van der Waals surface area contributed by atoms with Gasteiger partial charge in [-0.25, -0.2) is 4.79 Å². The summed E-state index contributed by atoms with van der Waals surface area (Å²) < 4.78 is 23.5. The van der Waals surface area contributed by atoms with E-state index in [4.69, 9.17) is 24.7 Å². The van der Waals surface area contributed by atoms with Gasteiger partial charge in [0.05, 0.1) is 42.6 Å². The van der Waals surface area contributed by atoms with E-state index in [9.17, 15) is 29.7 Å². The summed E-state index contributed by atoms with van der Waals surface area (Å²) in [5.74, 6) is -1.25. The Morgan fingerprint density at radius 2 is 2.08 bits per heavy atom. The van der Waals surface area contributed by atoms with Gasteiger partial charge in [0.1, 0.15) is 30.0 Å². The molecule has 0 spiro atoms. The second kappa shape index (κ2) is 13.3. The lowest BCUT2D eigenvalue weighted by Crippen LogP contribution is -2.53. The molecule has 0 saturated heterocycles. The van der Waals surface area contributed by atoms with E-state index in [0.29, 0.717) is 23.8 Å². The summed E-state index contributed by atoms with van der Waals surface area (Å²) in [6, 6.07) is 0. The van der Waals surface area contributed by atoms with Crippen LogP contribution in [0.15, 0.2) is 44.8 Å². The van der Waals surface area contributed by atoms with E-state index < -0.39 is 36.5 Å². The Labute approximate surface area is 280 Å². The molecule has 1 aromatic carbocycles. The molecule has 1 unspecified atom stereocenters. The van der Waals surface area contributed by atoms with Gasteiger partial charge in [-0.05, 0) is 26.7 Å². The summed E-state index contributed by atoms with van der Waals surface area (Å²) in [4.78, 5) is 54.1. The van der Waals surface area contributed by atoms with Crippen molar-refractivity contribution >= 4 is 41.2 Å². The maximum absolute atomic E-state index is 13.2. The highest BCUT2D eigenvalue weighted by atomic mass is 16.6. The lowest BCUT2D eigenvalue weighted by atomic mass is 9.86. The smallest absolute Gasteiger partial charge is 0.375 e. The van der Waals surface area contributed by atoms with E-state index in [1.165, 1.54) is 7.11 Å². The third-order valence-corrected chi connectivity index (χ3v) is 8.82. The molecule has 17 nitrogen and oxygen atoms in total. The van der Waals surface area contributed by atoms with Crippen LogP contribution in [0.5, 0.6) is 17.2 Å². The van der Waals surface area contributed by atoms with Crippen LogP contribution in [0.2, 0.25) is 0 Å². The second-order valence-electron chi connectivity index (χ2n) is 11.9. The molecule has 1 aromatic rings. The van der Waals surface area contributed by atoms with Gasteiger partial charge < -0.3 is 50.2 Å². The Balaban J connectivity index is 1.44. The molecule has 0 aliphatic carbocycles. The maximum atomic E-state index is 13.2. The molecule has 0 bridgehead atoms. The van der Waals surface area contributed by atoms with Crippen LogP contribution in [0.4, 0.5) is 0 Å². The first-order chi connectivity index (χ1) is 23.6. The van der Waals surface area contributed by atoms with Gasteiger partial charge in [0, 0.05) is 43.1 Å². The van der Waals surface area contributed by atoms with Crippen molar-refractivity contribution in [3.63, 3.8) is 0 Å². The average Bonchev–Trinajstić information content (AvgIpc) is 3.83. The van der Waals surface area contributed by atoms with Gasteiger partial charge in [-0.1, -0.05) is 6.08 Å². The number of nitrogens with zero attached hydrogens (tertiary/aromatic N) is 5. The number of rotatable bonds is 12. The van der Waals surface area contributed by atoms with Gasteiger partial charge in [0.2, 0.25) is 11.7 Å². The summed E-state index contributed by atoms with van der Waals surface area (Å²) in [5, 5.41) is 34.5. The first-order valence-electron chi connectivity index (χ1n) is 15.7. The Morgan fingerprint density at radius 1 is 1.29 bits per heavy atom. The fourth-order valence-electron chi connectivity index (χ4n) is 6.47. The molecule has 3 atom stereocenters. The summed E-state index contributed by atoms with van der Waals surface area (Å²) in [5.41, 5.74) is 5.67. The lowest BCUT2D eigenvalue weighted by Gasteiger charge is -2.34. The highest BCUT2D eigenvalue weighted by molar-refractivity contribution is 6.69. The van der Waals surface area contributed by atoms with Crippen LogP contribution in [0.3, 0.4) is 0 Å². The van der Waals surface area contributed by atoms with Crippen LogP contribution in [-0.4, -0.2) is 112 Å². The normalized spacial score (nSPS) is 22.7. The number of hydrogen-bond donors (Lipinski definition) is 5. The number of aliphatic hydroxyl groups is 3. The fourth-order valence-corrected chi connectivity index (χ4v) is 6.47. The number of aldehydes is 1. The first-order valence-corrected chi connectivity index (χ1v) is 15.7. The van der Waals surface area contributed by atoms with Crippen LogP contribution in [-0.2, 0) is 32.1 Å². The number of nitrogens with two attached hydrogens (primary N) is 1. The number of allylic oxidation sites excluding steroid dienone is 2. The number of carbonyl (C=O) groups is 3. The zero-order valence-corrected chi connectivity index (χ0v) is 27.1. The number of amides is 1. The molecule has 17 heteroatoms. The van der Waals surface area contributed by atoms with Crippen LogP contribution < -0.4 is 25.3 Å². The number of aliphatic hydroxyl groups excluding tert-OH is 2. The van der Waals surface area contributed by atoms with Crippen molar-refractivity contribution in [2.75, 3.05) is 33.5 Å². The van der Waals surface area contributed by atoms with Crippen LogP contribution in [0, 0.1) is 0 Å². The Bertz CT molecular complexity index is 1780. The average molecular weight is 680 g/mol. The van der Waals surface area contributed by atoms with Crippen LogP contribution in [0.25, 0.3) is 5.57 Å². The predicted octanol–water partition coefficient (Wildman–Crippen LogP) is -0.566. The highest BCUT2D eigenvalue weighted by Crippen LogP contribution is 2.54. The van der Waals surface area contributed by atoms with E-state index in [2.05, 4.69) is 20.3 Å². The topological polar surface area (TPSA) is 230 Å². The fraction of sp³-hybridized carbons (Fsp3) is 0.438. The van der Waals surface area contributed by atoms with Crippen molar-refractivity contribution in [1.82, 2.24) is 15.1 Å². The van der Waals surface area contributed by atoms with Crippen molar-refractivity contribution in [2.45, 2.75) is 57.7 Å². The van der Waals surface area contributed by atoms with E-state index in [1.807, 2.05) is 4.90 Å². The van der Waals surface area contributed by atoms with Crippen molar-refractivity contribution in [3.05, 3.63) is 46.5 Å². The zero-order chi connectivity index (χ0) is 35.0. The molecule has 5 aliphatic rings. The summed E-state index contributed by atoms with van der Waals surface area (Å²) >= 11 is 0. The van der Waals surface area contributed by atoms with Gasteiger partial charge in [0.25, 0.3) is 0 Å². The molecule has 0 aromatic heterocycles. The van der Waals surface area contributed by atoms with Crippen LogP contribution in [0.1, 0.15) is 43.4 Å². The molecular formula is C32H37N7O10. The number of guanidine groups is 1. The number of aliphatic imine (C=N–C) groups is 3. The predicted molar refractivity (Wildman–Crippen MR) is 173 cm³/mol. The number of benzene rings is 1. The van der Waals surface area contributed by atoms with Crippen molar-refractivity contribution in [2.24, 2.45) is 20.7 Å². The van der Waals surface area contributed by atoms with Gasteiger partial charge in [-0.2, -0.15) is 9.98 Å². The molecule has 6 N–H and O–H groups in total. The molecule has 0 saturated carbocycles. The Morgan fingerprint density at radius 3 is 2.78 bits per heavy atom. The summed E-state index contributed by atoms with van der Waals surface area (Å²) in [6.07, 6.45) is 5.07. The lowest BCUT2D eigenvalue weighted by molar-refractivity contribution is -0.141. The number of methoxy groups -OCH3 is 1. The molecular weight excluding hydrogens is 642 g/mol. The quantitative estimate of drug-likeness (QED) is 0.138. The molecule has 1 amide bonds. The third-order valence-electron chi connectivity index (χ3n) is 8.82. The van der Waals surface area contributed by atoms with E-state index in [-0.39, 0.29) is 96.5 Å².